The monoisotopic (exact) mass is 426 g/mol. The molecule has 0 bridgehead atoms. The van der Waals surface area contributed by atoms with Gasteiger partial charge in [0, 0.05) is 20.6 Å². The molecule has 30 heavy (non-hydrogen) atoms. The van der Waals surface area contributed by atoms with Crippen LogP contribution in [-0.4, -0.2) is 64.5 Å². The zero-order chi connectivity index (χ0) is 22.0. The number of rotatable bonds is 13. The Morgan fingerprint density at radius 3 is 2.30 bits per heavy atom. The average Bonchev–Trinajstić information content (AvgIpc) is 3.04. The number of benzene rings is 1. The summed E-state index contributed by atoms with van der Waals surface area (Å²) in [6.45, 7) is 5.96. The van der Waals surface area contributed by atoms with Crippen LogP contribution >= 0.6 is 0 Å². The molecule has 170 valence electrons. The number of ether oxygens (including phenoxy) is 7. The number of carbonyl (C=O) groups excluding carboxylic acids is 1. The normalized spacial score (nSPS) is 22.6. The van der Waals surface area contributed by atoms with Gasteiger partial charge in [-0.3, -0.25) is 4.79 Å². The molecule has 8 nitrogen and oxygen atoms in total. The molecule has 0 aliphatic carbocycles. The van der Waals surface area contributed by atoms with Gasteiger partial charge in [-0.15, -0.1) is 0 Å². The minimum Gasteiger partial charge on any atom is -0.466 e. The van der Waals surface area contributed by atoms with Crippen molar-refractivity contribution in [1.82, 2.24) is 0 Å². The quantitative estimate of drug-likeness (QED) is 0.351. The highest BCUT2D eigenvalue weighted by atomic mass is 16.8. The van der Waals surface area contributed by atoms with E-state index in [0.29, 0.717) is 13.0 Å². The molecular weight excluding hydrogens is 392 g/mol. The third-order valence-corrected chi connectivity index (χ3v) is 4.66. The van der Waals surface area contributed by atoms with Crippen LogP contribution in [0, 0.1) is 0 Å². The van der Waals surface area contributed by atoms with Crippen molar-refractivity contribution in [3.05, 3.63) is 35.9 Å². The van der Waals surface area contributed by atoms with E-state index >= 15 is 0 Å². The van der Waals surface area contributed by atoms with Gasteiger partial charge in [0.1, 0.15) is 31.9 Å². The molecule has 1 saturated heterocycles. The van der Waals surface area contributed by atoms with Crippen molar-refractivity contribution >= 4 is 5.97 Å². The van der Waals surface area contributed by atoms with E-state index in [9.17, 15) is 4.79 Å². The summed E-state index contributed by atoms with van der Waals surface area (Å²) < 4.78 is 39.7. The number of hydrogen-bond acceptors (Lipinski definition) is 8. The summed E-state index contributed by atoms with van der Waals surface area (Å²) in [4.78, 5) is 11.9. The largest absolute Gasteiger partial charge is 0.466 e. The van der Waals surface area contributed by atoms with Crippen molar-refractivity contribution in [3.63, 3.8) is 0 Å². The Bertz CT molecular complexity index is 621. The van der Waals surface area contributed by atoms with Crippen molar-refractivity contribution in [2.24, 2.45) is 0 Å². The molecule has 1 fully saturated rings. The van der Waals surface area contributed by atoms with Gasteiger partial charge in [-0.25, -0.2) is 0 Å². The van der Waals surface area contributed by atoms with Crippen LogP contribution in [0.1, 0.15) is 45.3 Å². The topological polar surface area (TPSA) is 81.7 Å². The number of hydrogen-bond donors (Lipinski definition) is 0. The van der Waals surface area contributed by atoms with Gasteiger partial charge in [0.25, 0.3) is 0 Å². The van der Waals surface area contributed by atoms with Crippen LogP contribution in [0.25, 0.3) is 0 Å². The minimum absolute atomic E-state index is 0.0649. The SMILES string of the molecule is CCOC(=O)CC[C@H](OCOC)[C@H]1OC(C)(C)O[C@H]1[C@@H](OCOC)c1ccccc1. The van der Waals surface area contributed by atoms with Crippen LogP contribution in [0.15, 0.2) is 30.3 Å². The maximum atomic E-state index is 11.9. The predicted molar refractivity (Wildman–Crippen MR) is 109 cm³/mol. The third-order valence-electron chi connectivity index (χ3n) is 4.66. The van der Waals surface area contributed by atoms with Gasteiger partial charge in [-0.2, -0.15) is 0 Å². The molecule has 1 aromatic carbocycles. The Morgan fingerprint density at radius 1 is 1.03 bits per heavy atom. The average molecular weight is 427 g/mol. The second-order valence-electron chi connectivity index (χ2n) is 7.42. The molecule has 1 heterocycles. The zero-order valence-electron chi connectivity index (χ0n) is 18.5. The van der Waals surface area contributed by atoms with Gasteiger partial charge < -0.3 is 33.2 Å². The molecule has 0 amide bonds. The lowest BCUT2D eigenvalue weighted by molar-refractivity contribution is -0.176. The van der Waals surface area contributed by atoms with Gasteiger partial charge in [0.15, 0.2) is 5.79 Å². The summed E-state index contributed by atoms with van der Waals surface area (Å²) in [6, 6.07) is 9.75. The van der Waals surface area contributed by atoms with E-state index in [2.05, 4.69) is 0 Å². The van der Waals surface area contributed by atoms with E-state index < -0.39 is 30.2 Å². The molecule has 8 heteroatoms. The molecule has 0 radical (unpaired) electrons. The van der Waals surface area contributed by atoms with E-state index in [-0.39, 0.29) is 26.0 Å². The molecule has 0 aromatic heterocycles. The first kappa shape index (κ1) is 24.7. The standard InChI is InChI=1S/C22H34O8/c1-6-26-18(23)13-12-17(27-14-24-4)20-21(30-22(2,3)29-20)19(28-15-25-5)16-10-8-7-9-11-16/h7-11,17,19-21H,6,12-15H2,1-5H3/t17-,19-,20+,21-/m0/s1. The third kappa shape index (κ3) is 7.30. The van der Waals surface area contributed by atoms with Gasteiger partial charge in [-0.1, -0.05) is 30.3 Å². The first-order valence-electron chi connectivity index (χ1n) is 10.2. The molecule has 1 aromatic rings. The van der Waals surface area contributed by atoms with Crippen molar-refractivity contribution in [3.8, 4) is 0 Å². The second kappa shape index (κ2) is 12.3. The fraction of sp³-hybridized carbons (Fsp3) is 0.682. The zero-order valence-corrected chi connectivity index (χ0v) is 18.5. The summed E-state index contributed by atoms with van der Waals surface area (Å²) in [5.41, 5.74) is 0.932. The molecule has 1 aliphatic heterocycles. The Morgan fingerprint density at radius 2 is 1.67 bits per heavy atom. The lowest BCUT2D eigenvalue weighted by Crippen LogP contribution is -2.42. The summed E-state index contributed by atoms with van der Waals surface area (Å²) >= 11 is 0. The van der Waals surface area contributed by atoms with Gasteiger partial charge >= 0.3 is 5.97 Å². The maximum Gasteiger partial charge on any atom is 0.305 e. The van der Waals surface area contributed by atoms with Crippen molar-refractivity contribution in [1.29, 1.82) is 0 Å². The predicted octanol–water partition coefficient (Wildman–Crippen LogP) is 3.20. The van der Waals surface area contributed by atoms with Gasteiger partial charge in [-0.05, 0) is 32.8 Å². The molecule has 0 unspecified atom stereocenters. The van der Waals surface area contributed by atoms with E-state index in [1.54, 1.807) is 21.1 Å². The van der Waals surface area contributed by atoms with E-state index in [4.69, 9.17) is 33.2 Å². The van der Waals surface area contributed by atoms with Gasteiger partial charge in [0.05, 0.1) is 12.7 Å². The number of methoxy groups -OCH3 is 2. The molecular formula is C22H34O8. The molecule has 4 atom stereocenters. The highest BCUT2D eigenvalue weighted by molar-refractivity contribution is 5.69. The summed E-state index contributed by atoms with van der Waals surface area (Å²) in [5, 5.41) is 0. The van der Waals surface area contributed by atoms with Crippen LogP contribution in [0.3, 0.4) is 0 Å². The Labute approximate surface area is 178 Å². The molecule has 1 aliphatic rings. The molecule has 0 spiro atoms. The first-order chi connectivity index (χ1) is 14.4. The number of carbonyl (C=O) groups is 1. The summed E-state index contributed by atoms with van der Waals surface area (Å²) in [6.07, 6.45) is -1.29. The second-order valence-corrected chi connectivity index (χ2v) is 7.42. The minimum atomic E-state index is -0.850. The first-order valence-corrected chi connectivity index (χ1v) is 10.2. The van der Waals surface area contributed by atoms with E-state index in [1.165, 1.54) is 0 Å². The molecule has 2 rings (SSSR count). The molecule has 0 saturated carbocycles. The Kier molecular flexibility index (Phi) is 10.2. The van der Waals surface area contributed by atoms with Crippen LogP contribution < -0.4 is 0 Å². The maximum absolute atomic E-state index is 11.9. The lowest BCUT2D eigenvalue weighted by Gasteiger charge is -2.31. The van der Waals surface area contributed by atoms with E-state index in [0.717, 1.165) is 5.56 Å². The van der Waals surface area contributed by atoms with Gasteiger partial charge in [0.2, 0.25) is 0 Å². The Hall–Kier alpha value is -1.55. The van der Waals surface area contributed by atoms with Crippen LogP contribution in [0.2, 0.25) is 0 Å². The fourth-order valence-corrected chi connectivity index (χ4v) is 3.49. The highest BCUT2D eigenvalue weighted by Gasteiger charge is 2.49. The fourth-order valence-electron chi connectivity index (χ4n) is 3.49. The van der Waals surface area contributed by atoms with Crippen molar-refractivity contribution in [2.45, 2.75) is 63.8 Å². The van der Waals surface area contributed by atoms with Crippen molar-refractivity contribution < 1.29 is 38.0 Å². The van der Waals surface area contributed by atoms with E-state index in [1.807, 2.05) is 44.2 Å². The Balaban J connectivity index is 2.27. The summed E-state index contributed by atoms with van der Waals surface area (Å²) in [5.74, 6) is -1.13. The van der Waals surface area contributed by atoms with Crippen LogP contribution in [0.5, 0.6) is 0 Å². The lowest BCUT2D eigenvalue weighted by atomic mass is 9.95. The highest BCUT2D eigenvalue weighted by Crippen LogP contribution is 2.40. The smallest absolute Gasteiger partial charge is 0.305 e. The number of esters is 1. The van der Waals surface area contributed by atoms with Crippen molar-refractivity contribution in [2.75, 3.05) is 34.4 Å². The van der Waals surface area contributed by atoms with Crippen LogP contribution in [-0.2, 0) is 38.0 Å². The molecule has 0 N–H and O–H groups in total. The summed E-state index contributed by atoms with van der Waals surface area (Å²) in [7, 11) is 3.11. The van der Waals surface area contributed by atoms with Crippen LogP contribution in [0.4, 0.5) is 0 Å².